The lowest BCUT2D eigenvalue weighted by Gasteiger charge is -2.17. The van der Waals surface area contributed by atoms with E-state index in [1.165, 1.54) is 23.9 Å². The van der Waals surface area contributed by atoms with Crippen LogP contribution < -0.4 is 4.74 Å². The van der Waals surface area contributed by atoms with E-state index in [1.54, 1.807) is 11.8 Å². The van der Waals surface area contributed by atoms with Gasteiger partial charge in [-0.2, -0.15) is 22.9 Å². The molecule has 0 aliphatic carbocycles. The third-order valence-corrected chi connectivity index (χ3v) is 6.63. The molecule has 5 nitrogen and oxygen atoms in total. The van der Waals surface area contributed by atoms with E-state index in [-0.39, 0.29) is 5.92 Å². The Morgan fingerprint density at radius 1 is 0.970 bits per heavy atom. The zero-order chi connectivity index (χ0) is 23.2. The van der Waals surface area contributed by atoms with Gasteiger partial charge >= 0.3 is 6.18 Å². The van der Waals surface area contributed by atoms with Crippen molar-refractivity contribution in [2.45, 2.75) is 24.2 Å². The summed E-state index contributed by atoms with van der Waals surface area (Å²) in [6.45, 7) is 2.04. The SMILES string of the molecule is COc1ccc2cc(C(C)c3nnc4n3N=C(c3ccc(C(F)(F)F)cc3)CS4)ccc2c1. The van der Waals surface area contributed by atoms with E-state index in [9.17, 15) is 13.2 Å². The number of thioether (sulfide) groups is 1. The molecular weight excluding hydrogens is 449 g/mol. The molecule has 1 aliphatic rings. The van der Waals surface area contributed by atoms with Crippen LogP contribution in [0.15, 0.2) is 70.9 Å². The first-order valence-corrected chi connectivity index (χ1v) is 11.2. The predicted octanol–water partition coefficient (Wildman–Crippen LogP) is 5.97. The van der Waals surface area contributed by atoms with Gasteiger partial charge in [-0.3, -0.25) is 0 Å². The lowest BCUT2D eigenvalue weighted by molar-refractivity contribution is -0.137. The molecule has 0 spiro atoms. The molecule has 1 atom stereocenters. The summed E-state index contributed by atoms with van der Waals surface area (Å²) >= 11 is 1.46. The van der Waals surface area contributed by atoms with Crippen molar-refractivity contribution < 1.29 is 17.9 Å². The minimum absolute atomic E-state index is 0.0888. The van der Waals surface area contributed by atoms with Crippen LogP contribution in [0.2, 0.25) is 0 Å². The lowest BCUT2D eigenvalue weighted by atomic mass is 9.97. The van der Waals surface area contributed by atoms with Gasteiger partial charge in [0.25, 0.3) is 0 Å². The molecule has 168 valence electrons. The maximum atomic E-state index is 12.9. The molecule has 2 heterocycles. The molecular formula is C24H19F3N4OS. The number of benzene rings is 3. The van der Waals surface area contributed by atoms with Crippen LogP contribution in [0.4, 0.5) is 13.2 Å². The van der Waals surface area contributed by atoms with E-state index in [2.05, 4.69) is 21.4 Å². The zero-order valence-corrected chi connectivity index (χ0v) is 18.6. The Labute approximate surface area is 192 Å². The zero-order valence-electron chi connectivity index (χ0n) is 17.8. The molecule has 33 heavy (non-hydrogen) atoms. The fraction of sp³-hybridized carbons (Fsp3) is 0.208. The van der Waals surface area contributed by atoms with Crippen LogP contribution in [0.1, 0.15) is 35.4 Å². The normalized spacial score (nSPS) is 14.6. The summed E-state index contributed by atoms with van der Waals surface area (Å²) in [5.74, 6) is 1.90. The molecule has 0 saturated carbocycles. The molecule has 0 bridgehead atoms. The summed E-state index contributed by atoms with van der Waals surface area (Å²) in [4.78, 5) is 0. The fourth-order valence-corrected chi connectivity index (χ4v) is 4.64. The maximum absolute atomic E-state index is 12.9. The minimum atomic E-state index is -4.36. The van der Waals surface area contributed by atoms with Crippen molar-refractivity contribution in [1.29, 1.82) is 0 Å². The minimum Gasteiger partial charge on any atom is -0.497 e. The van der Waals surface area contributed by atoms with Crippen molar-refractivity contribution in [1.82, 2.24) is 14.9 Å². The Kier molecular flexibility index (Phi) is 5.36. The van der Waals surface area contributed by atoms with Crippen molar-refractivity contribution in [3.8, 4) is 5.75 Å². The van der Waals surface area contributed by atoms with E-state index in [0.29, 0.717) is 28.0 Å². The molecule has 1 unspecified atom stereocenters. The summed E-state index contributed by atoms with van der Waals surface area (Å²) in [6.07, 6.45) is -4.36. The Balaban J connectivity index is 1.47. The summed E-state index contributed by atoms with van der Waals surface area (Å²) in [5.41, 5.74) is 1.71. The van der Waals surface area contributed by atoms with Crippen LogP contribution in [0, 0.1) is 0 Å². The number of alkyl halides is 3. The van der Waals surface area contributed by atoms with Gasteiger partial charge in [-0.25, -0.2) is 0 Å². The predicted molar refractivity (Wildman–Crippen MR) is 122 cm³/mol. The molecule has 1 aliphatic heterocycles. The molecule has 5 rings (SSSR count). The van der Waals surface area contributed by atoms with Crippen LogP contribution in [0.5, 0.6) is 5.75 Å². The van der Waals surface area contributed by atoms with E-state index < -0.39 is 11.7 Å². The highest BCUT2D eigenvalue weighted by Gasteiger charge is 2.30. The first-order valence-electron chi connectivity index (χ1n) is 10.2. The van der Waals surface area contributed by atoms with Gasteiger partial charge in [-0.15, -0.1) is 10.2 Å². The molecule has 0 amide bonds. The second-order valence-electron chi connectivity index (χ2n) is 7.76. The second kappa shape index (κ2) is 8.22. The highest BCUT2D eigenvalue weighted by atomic mass is 32.2. The first kappa shape index (κ1) is 21.5. The van der Waals surface area contributed by atoms with Gasteiger partial charge in [0, 0.05) is 11.7 Å². The highest BCUT2D eigenvalue weighted by Crippen LogP contribution is 2.33. The number of rotatable bonds is 4. The molecule has 9 heteroatoms. The molecule has 0 radical (unpaired) electrons. The van der Waals surface area contributed by atoms with Gasteiger partial charge in [0.2, 0.25) is 5.16 Å². The number of methoxy groups -OCH3 is 1. The standard InChI is InChI=1S/C24H19F3N4OS/c1-14(16-3-4-18-12-20(32-2)10-7-17(18)11-16)22-28-29-23-31(22)30-21(13-33-23)15-5-8-19(9-6-15)24(25,26)27/h3-12,14H,13H2,1-2H3. The summed E-state index contributed by atoms with van der Waals surface area (Å²) in [7, 11) is 1.64. The Bertz CT molecular complexity index is 1360. The number of fused-ring (bicyclic) bond motifs is 2. The summed E-state index contributed by atoms with van der Waals surface area (Å²) < 4.78 is 45.7. The van der Waals surface area contributed by atoms with Gasteiger partial charge in [0.05, 0.1) is 18.4 Å². The van der Waals surface area contributed by atoms with Crippen molar-refractivity contribution >= 4 is 28.2 Å². The average molecular weight is 469 g/mol. The van der Waals surface area contributed by atoms with Gasteiger partial charge in [0.1, 0.15) is 5.75 Å². The molecule has 4 aromatic rings. The molecule has 1 aromatic heterocycles. The fourth-order valence-electron chi connectivity index (χ4n) is 3.79. The van der Waals surface area contributed by atoms with Crippen molar-refractivity contribution in [3.05, 3.63) is 83.2 Å². The maximum Gasteiger partial charge on any atom is 0.416 e. The quantitative estimate of drug-likeness (QED) is 0.370. The summed E-state index contributed by atoms with van der Waals surface area (Å²) in [6, 6.07) is 17.2. The number of hydrogen-bond donors (Lipinski definition) is 0. The van der Waals surface area contributed by atoms with Crippen molar-refractivity contribution in [2.24, 2.45) is 5.10 Å². The third-order valence-electron chi connectivity index (χ3n) is 5.70. The average Bonchev–Trinajstić information content (AvgIpc) is 3.25. The van der Waals surface area contributed by atoms with Crippen molar-refractivity contribution in [2.75, 3.05) is 12.9 Å². The number of aromatic nitrogens is 3. The van der Waals surface area contributed by atoms with Crippen LogP contribution in [-0.2, 0) is 6.18 Å². The lowest BCUT2D eigenvalue weighted by Crippen LogP contribution is -2.16. The smallest absolute Gasteiger partial charge is 0.416 e. The largest absolute Gasteiger partial charge is 0.497 e. The van der Waals surface area contributed by atoms with Gasteiger partial charge in [-0.05, 0) is 46.2 Å². The van der Waals surface area contributed by atoms with Gasteiger partial charge in [-0.1, -0.05) is 55.1 Å². The summed E-state index contributed by atoms with van der Waals surface area (Å²) in [5, 5.41) is 16.2. The first-order chi connectivity index (χ1) is 15.8. The van der Waals surface area contributed by atoms with E-state index in [0.717, 1.165) is 34.2 Å². The molecule has 0 N–H and O–H groups in total. The Morgan fingerprint density at radius 3 is 2.42 bits per heavy atom. The molecule has 0 saturated heterocycles. The third kappa shape index (κ3) is 4.08. The van der Waals surface area contributed by atoms with Crippen LogP contribution in [-0.4, -0.2) is 33.4 Å². The monoisotopic (exact) mass is 468 g/mol. The molecule has 0 fully saturated rings. The Hall–Kier alpha value is -3.33. The van der Waals surface area contributed by atoms with E-state index in [1.807, 2.05) is 37.3 Å². The highest BCUT2D eigenvalue weighted by molar-refractivity contribution is 7.99. The van der Waals surface area contributed by atoms with Gasteiger partial charge < -0.3 is 4.74 Å². The number of nitrogens with zero attached hydrogens (tertiary/aromatic N) is 4. The van der Waals surface area contributed by atoms with Crippen molar-refractivity contribution in [3.63, 3.8) is 0 Å². The van der Waals surface area contributed by atoms with Crippen LogP contribution >= 0.6 is 11.8 Å². The second-order valence-corrected chi connectivity index (χ2v) is 8.70. The van der Waals surface area contributed by atoms with E-state index in [4.69, 9.17) is 4.74 Å². The number of hydrogen-bond acceptors (Lipinski definition) is 5. The topological polar surface area (TPSA) is 52.3 Å². The molecule has 3 aromatic carbocycles. The number of halogens is 3. The number of ether oxygens (including phenoxy) is 1. The Morgan fingerprint density at radius 2 is 1.70 bits per heavy atom. The van der Waals surface area contributed by atoms with E-state index >= 15 is 0 Å². The van der Waals surface area contributed by atoms with Crippen LogP contribution in [0.3, 0.4) is 0 Å². The van der Waals surface area contributed by atoms with Gasteiger partial charge in [0.15, 0.2) is 5.82 Å². The van der Waals surface area contributed by atoms with Crippen LogP contribution in [0.25, 0.3) is 10.8 Å².